The van der Waals surface area contributed by atoms with Crippen LogP contribution in [0.25, 0.3) is 22.3 Å². The zero-order valence-corrected chi connectivity index (χ0v) is 17.5. The molecule has 0 saturated heterocycles. The number of aryl methyl sites for hydroxylation is 2. The van der Waals surface area contributed by atoms with Crippen molar-refractivity contribution in [2.75, 3.05) is 7.11 Å². The van der Waals surface area contributed by atoms with E-state index in [-0.39, 0.29) is 5.91 Å². The van der Waals surface area contributed by atoms with Crippen molar-refractivity contribution in [2.24, 2.45) is 7.05 Å². The van der Waals surface area contributed by atoms with E-state index in [2.05, 4.69) is 10.4 Å². The molecule has 2 heterocycles. The molecule has 0 aliphatic heterocycles. The standard InChI is InChI=1S/C24H22N4O3/c1-15-21-19(23(29)25-14-16-9-11-18(12-10-16)24(30)31-3)13-20(17-7-5-4-6-8-17)26-22(21)28(2)27-15/h4-13H,14H2,1-3H3,(H,25,29). The van der Waals surface area contributed by atoms with E-state index in [1.54, 1.807) is 28.9 Å². The first-order valence-corrected chi connectivity index (χ1v) is 9.83. The van der Waals surface area contributed by atoms with Gasteiger partial charge < -0.3 is 10.1 Å². The van der Waals surface area contributed by atoms with E-state index in [1.165, 1.54) is 7.11 Å². The summed E-state index contributed by atoms with van der Waals surface area (Å²) in [5.74, 6) is -0.604. The molecule has 4 rings (SSSR count). The fourth-order valence-electron chi connectivity index (χ4n) is 3.53. The third-order valence-corrected chi connectivity index (χ3v) is 5.11. The van der Waals surface area contributed by atoms with Crippen LogP contribution in [-0.4, -0.2) is 33.8 Å². The van der Waals surface area contributed by atoms with Crippen molar-refractivity contribution in [3.8, 4) is 11.3 Å². The smallest absolute Gasteiger partial charge is 0.337 e. The molecule has 7 heteroatoms. The lowest BCUT2D eigenvalue weighted by molar-refractivity contribution is 0.0600. The molecule has 0 fully saturated rings. The zero-order valence-electron chi connectivity index (χ0n) is 17.5. The molecule has 156 valence electrons. The van der Waals surface area contributed by atoms with Gasteiger partial charge in [-0.1, -0.05) is 42.5 Å². The highest BCUT2D eigenvalue weighted by Crippen LogP contribution is 2.26. The molecule has 0 spiro atoms. The average molecular weight is 414 g/mol. The Hall–Kier alpha value is -4.00. The van der Waals surface area contributed by atoms with Crippen LogP contribution >= 0.6 is 0 Å². The van der Waals surface area contributed by atoms with Gasteiger partial charge in [0.15, 0.2) is 5.65 Å². The van der Waals surface area contributed by atoms with Gasteiger partial charge in [0.1, 0.15) is 0 Å². The summed E-state index contributed by atoms with van der Waals surface area (Å²) in [5.41, 5.74) is 4.91. The first-order chi connectivity index (χ1) is 15.0. The number of amides is 1. The van der Waals surface area contributed by atoms with Gasteiger partial charge in [-0.25, -0.2) is 9.78 Å². The molecule has 7 nitrogen and oxygen atoms in total. The number of aromatic nitrogens is 3. The fraction of sp³-hybridized carbons (Fsp3) is 0.167. The maximum atomic E-state index is 13.1. The number of carbonyl (C=O) groups is 2. The van der Waals surface area contributed by atoms with Crippen molar-refractivity contribution >= 4 is 22.9 Å². The van der Waals surface area contributed by atoms with Gasteiger partial charge in [-0.05, 0) is 30.7 Å². The largest absolute Gasteiger partial charge is 0.465 e. The van der Waals surface area contributed by atoms with E-state index in [4.69, 9.17) is 9.72 Å². The summed E-state index contributed by atoms with van der Waals surface area (Å²) >= 11 is 0. The van der Waals surface area contributed by atoms with Gasteiger partial charge in [0, 0.05) is 19.2 Å². The van der Waals surface area contributed by atoms with E-state index >= 15 is 0 Å². The van der Waals surface area contributed by atoms with Crippen LogP contribution in [0.4, 0.5) is 0 Å². The third kappa shape index (κ3) is 4.02. The maximum Gasteiger partial charge on any atom is 0.337 e. The number of pyridine rings is 1. The topological polar surface area (TPSA) is 86.1 Å². The number of nitrogens with one attached hydrogen (secondary N) is 1. The maximum absolute atomic E-state index is 13.1. The first kappa shape index (κ1) is 20.3. The van der Waals surface area contributed by atoms with Crippen LogP contribution in [-0.2, 0) is 18.3 Å². The number of esters is 1. The number of benzene rings is 2. The van der Waals surface area contributed by atoms with Crippen LogP contribution in [0.15, 0.2) is 60.7 Å². The minimum absolute atomic E-state index is 0.210. The van der Waals surface area contributed by atoms with Crippen molar-refractivity contribution in [3.63, 3.8) is 0 Å². The number of fused-ring (bicyclic) bond motifs is 1. The van der Waals surface area contributed by atoms with Crippen molar-refractivity contribution in [3.05, 3.63) is 83.0 Å². The van der Waals surface area contributed by atoms with E-state index in [9.17, 15) is 9.59 Å². The molecule has 0 unspecified atom stereocenters. The third-order valence-electron chi connectivity index (χ3n) is 5.11. The molecule has 0 aliphatic carbocycles. The predicted molar refractivity (Wildman–Crippen MR) is 118 cm³/mol. The quantitative estimate of drug-likeness (QED) is 0.504. The number of rotatable bonds is 5. The predicted octanol–water partition coefficient (Wildman–Crippen LogP) is 3.66. The minimum Gasteiger partial charge on any atom is -0.465 e. The van der Waals surface area contributed by atoms with E-state index < -0.39 is 5.97 Å². The van der Waals surface area contributed by atoms with Gasteiger partial charge in [0.25, 0.3) is 5.91 Å². The Morgan fingerprint density at radius 3 is 2.45 bits per heavy atom. The monoisotopic (exact) mass is 414 g/mol. The molecule has 1 amide bonds. The molecule has 1 N–H and O–H groups in total. The summed E-state index contributed by atoms with van der Waals surface area (Å²) in [6, 6.07) is 18.5. The molecule has 2 aromatic heterocycles. The Morgan fingerprint density at radius 2 is 1.77 bits per heavy atom. The number of hydrogen-bond donors (Lipinski definition) is 1. The Kier molecular flexibility index (Phi) is 5.49. The molecule has 2 aromatic carbocycles. The lowest BCUT2D eigenvalue weighted by atomic mass is 10.0. The summed E-state index contributed by atoms with van der Waals surface area (Å²) in [6.07, 6.45) is 0. The van der Waals surface area contributed by atoms with Crippen molar-refractivity contribution in [1.29, 1.82) is 0 Å². The van der Waals surface area contributed by atoms with Crippen LogP contribution in [0.5, 0.6) is 0 Å². The number of hydrogen-bond acceptors (Lipinski definition) is 5. The molecule has 0 radical (unpaired) electrons. The summed E-state index contributed by atoms with van der Waals surface area (Å²) in [4.78, 5) is 29.5. The molecular weight excluding hydrogens is 392 g/mol. The first-order valence-electron chi connectivity index (χ1n) is 9.83. The van der Waals surface area contributed by atoms with E-state index in [0.29, 0.717) is 29.0 Å². The molecule has 31 heavy (non-hydrogen) atoms. The number of carbonyl (C=O) groups excluding carboxylic acids is 2. The number of methoxy groups -OCH3 is 1. The second-order valence-corrected chi connectivity index (χ2v) is 7.20. The fourth-order valence-corrected chi connectivity index (χ4v) is 3.53. The van der Waals surface area contributed by atoms with Crippen molar-refractivity contribution in [1.82, 2.24) is 20.1 Å². The van der Waals surface area contributed by atoms with Gasteiger partial charge in [-0.3, -0.25) is 9.48 Å². The molecule has 0 saturated carbocycles. The highest BCUT2D eigenvalue weighted by molar-refractivity contribution is 6.07. The average Bonchev–Trinajstić information content (AvgIpc) is 3.10. The van der Waals surface area contributed by atoms with Crippen LogP contribution in [0.3, 0.4) is 0 Å². The number of nitrogens with zero attached hydrogens (tertiary/aromatic N) is 3. The van der Waals surface area contributed by atoms with Gasteiger partial charge in [-0.15, -0.1) is 0 Å². The Labute approximate surface area is 179 Å². The number of ether oxygens (including phenoxy) is 1. The zero-order chi connectivity index (χ0) is 22.0. The van der Waals surface area contributed by atoms with E-state index in [1.807, 2.05) is 50.4 Å². The molecule has 0 atom stereocenters. The van der Waals surface area contributed by atoms with Crippen molar-refractivity contribution < 1.29 is 14.3 Å². The Bertz CT molecular complexity index is 1260. The van der Waals surface area contributed by atoms with E-state index in [0.717, 1.165) is 22.2 Å². The van der Waals surface area contributed by atoms with Crippen molar-refractivity contribution in [2.45, 2.75) is 13.5 Å². The normalized spacial score (nSPS) is 10.8. The summed E-state index contributed by atoms with van der Waals surface area (Å²) in [5, 5.41) is 8.15. The van der Waals surface area contributed by atoms with Gasteiger partial charge in [-0.2, -0.15) is 5.10 Å². The van der Waals surface area contributed by atoms with Crippen LogP contribution < -0.4 is 5.32 Å². The highest BCUT2D eigenvalue weighted by Gasteiger charge is 2.19. The lowest BCUT2D eigenvalue weighted by Gasteiger charge is -2.10. The second kappa shape index (κ2) is 8.39. The van der Waals surface area contributed by atoms with Gasteiger partial charge >= 0.3 is 5.97 Å². The SMILES string of the molecule is COC(=O)c1ccc(CNC(=O)c2cc(-c3ccccc3)nc3c2c(C)nn3C)cc1. The summed E-state index contributed by atoms with van der Waals surface area (Å²) in [6.45, 7) is 2.19. The highest BCUT2D eigenvalue weighted by atomic mass is 16.5. The van der Waals surface area contributed by atoms with Crippen LogP contribution in [0.1, 0.15) is 32.0 Å². The molecule has 0 bridgehead atoms. The minimum atomic E-state index is -0.393. The molecular formula is C24H22N4O3. The van der Waals surface area contributed by atoms with Gasteiger partial charge in [0.05, 0.1) is 35.0 Å². The Balaban J connectivity index is 1.65. The Morgan fingerprint density at radius 1 is 1.06 bits per heavy atom. The molecule has 4 aromatic rings. The second-order valence-electron chi connectivity index (χ2n) is 7.20. The van der Waals surface area contributed by atoms with Crippen LogP contribution in [0, 0.1) is 6.92 Å². The van der Waals surface area contributed by atoms with Gasteiger partial charge in [0.2, 0.25) is 0 Å². The lowest BCUT2D eigenvalue weighted by Crippen LogP contribution is -2.23. The molecule has 0 aliphatic rings. The summed E-state index contributed by atoms with van der Waals surface area (Å²) < 4.78 is 6.41. The van der Waals surface area contributed by atoms with Crippen LogP contribution in [0.2, 0.25) is 0 Å². The summed E-state index contributed by atoms with van der Waals surface area (Å²) in [7, 11) is 3.16.